The maximum absolute atomic E-state index is 11.7. The van der Waals surface area contributed by atoms with E-state index in [1.807, 2.05) is 13.8 Å². The van der Waals surface area contributed by atoms with E-state index < -0.39 is 0 Å². The third kappa shape index (κ3) is 5.02. The fourth-order valence-electron chi connectivity index (χ4n) is 1.66. The molecule has 0 aliphatic carbocycles. The molecule has 20 heavy (non-hydrogen) atoms. The molecule has 0 bridgehead atoms. The van der Waals surface area contributed by atoms with Gasteiger partial charge in [-0.05, 0) is 18.2 Å². The smallest absolute Gasteiger partial charge is 0.223 e. The molecule has 4 nitrogen and oxygen atoms in total. The molecule has 1 N–H and O–H groups in total. The molecule has 0 heterocycles. The van der Waals surface area contributed by atoms with Gasteiger partial charge in [0.15, 0.2) is 0 Å². The van der Waals surface area contributed by atoms with Crippen molar-refractivity contribution in [1.82, 2.24) is 5.32 Å². The van der Waals surface area contributed by atoms with Crippen molar-refractivity contribution in [3.8, 4) is 0 Å². The van der Waals surface area contributed by atoms with Gasteiger partial charge >= 0.3 is 0 Å². The van der Waals surface area contributed by atoms with E-state index in [0.29, 0.717) is 28.8 Å². The Balaban J connectivity index is 2.75. The van der Waals surface area contributed by atoms with E-state index in [9.17, 15) is 9.59 Å². The molecule has 1 aromatic rings. The Morgan fingerprint density at radius 3 is 2.20 bits per heavy atom. The molecule has 0 unspecified atom stereocenters. The minimum atomic E-state index is -0.137. The molecule has 0 saturated carbocycles. The number of amides is 2. The van der Waals surface area contributed by atoms with Crippen molar-refractivity contribution in [3.05, 3.63) is 28.2 Å². The Bertz CT molecular complexity index is 484. The first-order chi connectivity index (χ1) is 9.31. The molecular formula is C14H18Cl2N2O2. The highest BCUT2D eigenvalue weighted by Gasteiger charge is 2.14. The molecule has 0 aliphatic heterocycles. The van der Waals surface area contributed by atoms with Crippen LogP contribution in [0.4, 0.5) is 5.69 Å². The number of anilines is 1. The SMILES string of the molecule is CC(=O)N(CCNC(=O)C(C)C)c1cc(Cl)cc(Cl)c1. The molecular weight excluding hydrogens is 299 g/mol. The summed E-state index contributed by atoms with van der Waals surface area (Å²) in [6, 6.07) is 4.93. The summed E-state index contributed by atoms with van der Waals surface area (Å²) in [5, 5.41) is 3.69. The number of carbonyl (C=O) groups excluding carboxylic acids is 2. The quantitative estimate of drug-likeness (QED) is 0.907. The Morgan fingerprint density at radius 2 is 1.75 bits per heavy atom. The number of carbonyl (C=O) groups is 2. The van der Waals surface area contributed by atoms with E-state index in [1.54, 1.807) is 18.2 Å². The number of benzene rings is 1. The van der Waals surface area contributed by atoms with Crippen molar-refractivity contribution >= 4 is 40.7 Å². The minimum Gasteiger partial charge on any atom is -0.354 e. The highest BCUT2D eigenvalue weighted by molar-refractivity contribution is 6.35. The van der Waals surface area contributed by atoms with Crippen molar-refractivity contribution < 1.29 is 9.59 Å². The van der Waals surface area contributed by atoms with Crippen LogP contribution in [0.2, 0.25) is 10.0 Å². The zero-order valence-corrected chi connectivity index (χ0v) is 13.3. The molecule has 0 aliphatic rings. The third-order valence-corrected chi connectivity index (χ3v) is 3.13. The second-order valence-electron chi connectivity index (χ2n) is 4.74. The van der Waals surface area contributed by atoms with Crippen LogP contribution >= 0.6 is 23.2 Å². The van der Waals surface area contributed by atoms with Gasteiger partial charge in [0.25, 0.3) is 0 Å². The van der Waals surface area contributed by atoms with Crippen LogP contribution in [0.5, 0.6) is 0 Å². The van der Waals surface area contributed by atoms with Crippen molar-refractivity contribution in [2.45, 2.75) is 20.8 Å². The topological polar surface area (TPSA) is 49.4 Å². The third-order valence-electron chi connectivity index (χ3n) is 2.70. The zero-order chi connectivity index (χ0) is 15.3. The molecule has 1 aromatic carbocycles. The summed E-state index contributed by atoms with van der Waals surface area (Å²) >= 11 is 11.9. The highest BCUT2D eigenvalue weighted by Crippen LogP contribution is 2.25. The van der Waals surface area contributed by atoms with Crippen LogP contribution in [-0.4, -0.2) is 24.9 Å². The summed E-state index contributed by atoms with van der Waals surface area (Å²) in [7, 11) is 0. The molecule has 110 valence electrons. The van der Waals surface area contributed by atoms with E-state index in [2.05, 4.69) is 5.32 Å². The fourth-order valence-corrected chi connectivity index (χ4v) is 2.17. The Morgan fingerprint density at radius 1 is 1.20 bits per heavy atom. The van der Waals surface area contributed by atoms with Gasteiger partial charge in [-0.3, -0.25) is 9.59 Å². The van der Waals surface area contributed by atoms with Crippen molar-refractivity contribution in [2.75, 3.05) is 18.0 Å². The molecule has 6 heteroatoms. The van der Waals surface area contributed by atoms with Gasteiger partial charge in [-0.15, -0.1) is 0 Å². The van der Waals surface area contributed by atoms with Gasteiger partial charge in [0.2, 0.25) is 11.8 Å². The van der Waals surface area contributed by atoms with Crippen LogP contribution in [0.15, 0.2) is 18.2 Å². The summed E-state index contributed by atoms with van der Waals surface area (Å²) in [5.41, 5.74) is 0.619. The highest BCUT2D eigenvalue weighted by atomic mass is 35.5. The standard InChI is InChI=1S/C14H18Cl2N2O2/c1-9(2)14(20)17-4-5-18(10(3)19)13-7-11(15)6-12(16)8-13/h6-9H,4-5H2,1-3H3,(H,17,20). The molecule has 2 amide bonds. The number of halogens is 2. The van der Waals surface area contributed by atoms with Crippen molar-refractivity contribution in [3.63, 3.8) is 0 Å². The maximum atomic E-state index is 11.7. The van der Waals surface area contributed by atoms with Gasteiger partial charge in [0, 0.05) is 41.7 Å². The van der Waals surface area contributed by atoms with E-state index >= 15 is 0 Å². The summed E-state index contributed by atoms with van der Waals surface area (Å²) in [4.78, 5) is 24.7. The van der Waals surface area contributed by atoms with Crippen LogP contribution in [0.25, 0.3) is 0 Å². The number of rotatable bonds is 5. The van der Waals surface area contributed by atoms with Gasteiger partial charge in [0.05, 0.1) is 0 Å². The predicted octanol–water partition coefficient (Wildman–Crippen LogP) is 3.12. The first kappa shape index (κ1) is 16.8. The summed E-state index contributed by atoms with van der Waals surface area (Å²) < 4.78 is 0. The van der Waals surface area contributed by atoms with E-state index in [0.717, 1.165) is 0 Å². The van der Waals surface area contributed by atoms with E-state index in [4.69, 9.17) is 23.2 Å². The average Bonchev–Trinajstić information content (AvgIpc) is 2.32. The van der Waals surface area contributed by atoms with E-state index in [-0.39, 0.29) is 17.7 Å². The molecule has 0 saturated heterocycles. The molecule has 1 rings (SSSR count). The van der Waals surface area contributed by atoms with Gasteiger partial charge in [0.1, 0.15) is 0 Å². The van der Waals surface area contributed by atoms with Crippen LogP contribution in [0, 0.1) is 5.92 Å². The lowest BCUT2D eigenvalue weighted by molar-refractivity contribution is -0.124. The minimum absolute atomic E-state index is 0.0439. The molecule has 0 radical (unpaired) electrons. The Kier molecular flexibility index (Phi) is 6.30. The van der Waals surface area contributed by atoms with Crippen LogP contribution in [-0.2, 0) is 9.59 Å². The zero-order valence-electron chi connectivity index (χ0n) is 11.7. The number of nitrogens with zero attached hydrogens (tertiary/aromatic N) is 1. The summed E-state index contributed by atoms with van der Waals surface area (Å²) in [5.74, 6) is -0.263. The monoisotopic (exact) mass is 316 g/mol. The molecule has 0 fully saturated rings. The Labute approximate surface area is 129 Å². The summed E-state index contributed by atoms with van der Waals surface area (Å²) in [6.45, 7) is 5.83. The van der Waals surface area contributed by atoms with Crippen molar-refractivity contribution in [1.29, 1.82) is 0 Å². The first-order valence-electron chi connectivity index (χ1n) is 6.33. The maximum Gasteiger partial charge on any atom is 0.223 e. The van der Waals surface area contributed by atoms with Crippen LogP contribution in [0.1, 0.15) is 20.8 Å². The summed E-state index contributed by atoms with van der Waals surface area (Å²) in [6.07, 6.45) is 0. The second kappa shape index (κ2) is 7.50. The first-order valence-corrected chi connectivity index (χ1v) is 7.08. The second-order valence-corrected chi connectivity index (χ2v) is 5.62. The predicted molar refractivity (Wildman–Crippen MR) is 82.3 cm³/mol. The molecule has 0 aromatic heterocycles. The lowest BCUT2D eigenvalue weighted by Crippen LogP contribution is -2.38. The number of nitrogens with one attached hydrogen (secondary N) is 1. The van der Waals surface area contributed by atoms with E-state index in [1.165, 1.54) is 11.8 Å². The molecule has 0 atom stereocenters. The van der Waals surface area contributed by atoms with Crippen LogP contribution < -0.4 is 10.2 Å². The average molecular weight is 317 g/mol. The lowest BCUT2D eigenvalue weighted by atomic mass is 10.2. The van der Waals surface area contributed by atoms with Gasteiger partial charge in [-0.25, -0.2) is 0 Å². The Hall–Kier alpha value is -1.26. The number of hydrogen-bond acceptors (Lipinski definition) is 2. The fraction of sp³-hybridized carbons (Fsp3) is 0.429. The van der Waals surface area contributed by atoms with Crippen LogP contribution in [0.3, 0.4) is 0 Å². The number of hydrogen-bond donors (Lipinski definition) is 1. The van der Waals surface area contributed by atoms with Gasteiger partial charge in [-0.2, -0.15) is 0 Å². The van der Waals surface area contributed by atoms with Gasteiger partial charge in [-0.1, -0.05) is 37.0 Å². The van der Waals surface area contributed by atoms with Gasteiger partial charge < -0.3 is 10.2 Å². The lowest BCUT2D eigenvalue weighted by Gasteiger charge is -2.22. The largest absolute Gasteiger partial charge is 0.354 e. The molecule has 0 spiro atoms. The van der Waals surface area contributed by atoms with Crippen molar-refractivity contribution in [2.24, 2.45) is 5.92 Å². The normalized spacial score (nSPS) is 10.5.